The van der Waals surface area contributed by atoms with Crippen LogP contribution in [0, 0.1) is 0 Å². The van der Waals surface area contributed by atoms with E-state index in [0.717, 1.165) is 24.7 Å². The van der Waals surface area contributed by atoms with Gasteiger partial charge in [-0.3, -0.25) is 4.99 Å². The van der Waals surface area contributed by atoms with Crippen LogP contribution in [0.4, 0.5) is 0 Å². The quantitative estimate of drug-likeness (QED) is 0.474. The van der Waals surface area contributed by atoms with Crippen LogP contribution in [0.5, 0.6) is 0 Å². The van der Waals surface area contributed by atoms with Gasteiger partial charge in [0.05, 0.1) is 14.2 Å². The minimum atomic E-state index is 0.844. The molecule has 0 bridgehead atoms. The van der Waals surface area contributed by atoms with Crippen LogP contribution >= 0.6 is 20.1 Å². The molecular weight excluding hydrogens is 141 g/mol. The minimum absolute atomic E-state index is 0.844. The second-order valence-electron chi connectivity index (χ2n) is 1.35. The van der Waals surface area contributed by atoms with Crippen molar-refractivity contribution in [2.24, 2.45) is 14.9 Å². The van der Waals surface area contributed by atoms with Gasteiger partial charge in [-0.25, -0.2) is 0 Å². The van der Waals surface area contributed by atoms with Crippen molar-refractivity contribution in [3.63, 3.8) is 0 Å². The third-order valence-electron chi connectivity index (χ3n) is 0.882. The summed E-state index contributed by atoms with van der Waals surface area (Å²) in [4.78, 5) is 7.92. The lowest BCUT2D eigenvalue weighted by molar-refractivity contribution is 1.31. The van der Waals surface area contributed by atoms with E-state index < -0.39 is 0 Å². The summed E-state index contributed by atoms with van der Waals surface area (Å²) in [5, 5.41) is 4.88. The highest BCUT2D eigenvalue weighted by molar-refractivity contribution is 8.17. The van der Waals surface area contributed by atoms with Gasteiger partial charge in [0.25, 0.3) is 0 Å². The second kappa shape index (κ2) is 1.64. The summed E-state index contributed by atoms with van der Waals surface area (Å²) in [6, 6.07) is 0. The van der Waals surface area contributed by atoms with E-state index in [4.69, 9.17) is 0 Å². The predicted molar refractivity (Wildman–Crippen MR) is 36.7 cm³/mol. The van der Waals surface area contributed by atoms with Gasteiger partial charge in [-0.15, -0.1) is 9.96 Å². The molecule has 0 saturated heterocycles. The molecule has 0 N–H and O–H groups in total. The molecule has 0 aromatic carbocycles. The van der Waals surface area contributed by atoms with Crippen molar-refractivity contribution in [3.8, 4) is 0 Å². The maximum atomic E-state index is 4.14. The van der Waals surface area contributed by atoms with Crippen LogP contribution in [-0.2, 0) is 0 Å². The number of aliphatic imine (C=N–C) groups is 1. The van der Waals surface area contributed by atoms with Crippen LogP contribution in [0.15, 0.2) is 14.9 Å². The van der Waals surface area contributed by atoms with Crippen molar-refractivity contribution >= 4 is 30.6 Å². The Balaban J connectivity index is 2.49. The molecule has 2 aliphatic rings. The summed E-state index contributed by atoms with van der Waals surface area (Å²) in [5.41, 5.74) is 1.05. The van der Waals surface area contributed by atoms with Crippen molar-refractivity contribution in [1.82, 2.24) is 0 Å². The summed E-state index contributed by atoms with van der Waals surface area (Å²) in [7, 11) is 0.928. The van der Waals surface area contributed by atoms with E-state index in [1.807, 2.05) is 0 Å². The molecule has 0 atom stereocenters. The third kappa shape index (κ3) is 0.533. The molecule has 3 nitrogen and oxygen atoms in total. The molecule has 0 fully saturated rings. The van der Waals surface area contributed by atoms with Gasteiger partial charge in [-0.2, -0.15) is 0 Å². The molecule has 0 amide bonds. The van der Waals surface area contributed by atoms with E-state index in [1.54, 1.807) is 11.8 Å². The number of hydrogen-bond donors (Lipinski definition) is 0. The molecule has 40 valence electrons. The van der Waals surface area contributed by atoms with E-state index >= 15 is 0 Å². The maximum absolute atomic E-state index is 4.14. The lowest BCUT2D eigenvalue weighted by Gasteiger charge is -1.77. The highest BCUT2D eigenvalue weighted by Crippen LogP contribution is 2.26. The van der Waals surface area contributed by atoms with Gasteiger partial charge < -0.3 is 0 Å². The van der Waals surface area contributed by atoms with Crippen LogP contribution in [0.1, 0.15) is 0 Å². The van der Waals surface area contributed by atoms with Gasteiger partial charge in [0, 0.05) is 0 Å². The van der Waals surface area contributed by atoms with Crippen molar-refractivity contribution in [2.45, 2.75) is 0 Å². The molecule has 0 saturated carbocycles. The minimum Gasteiger partial charge on any atom is -0.265 e. The summed E-state index contributed by atoms with van der Waals surface area (Å²) in [6.45, 7) is 0. The molecular formula is C3H2N3PS. The fourth-order valence-electron chi connectivity index (χ4n) is 0.540. The Morgan fingerprint density at radius 3 is 3.50 bits per heavy atom. The Labute approximate surface area is 52.2 Å². The predicted octanol–water partition coefficient (Wildman–Crippen LogP) is 1.55. The molecule has 0 aromatic heterocycles. The van der Waals surface area contributed by atoms with Crippen LogP contribution in [0.2, 0.25) is 0 Å². The standard InChI is InChI=1S/C3H2N3PS/c1-4-2-3(8-1)5-6-7-2/h1H2. The molecule has 0 aromatic rings. The second-order valence-corrected chi connectivity index (χ2v) is 3.09. The molecule has 8 heavy (non-hydrogen) atoms. The van der Waals surface area contributed by atoms with Gasteiger partial charge >= 0.3 is 0 Å². The number of nitrogens with zero attached hydrogens (tertiary/aromatic N) is 3. The largest absolute Gasteiger partial charge is 0.265 e. The van der Waals surface area contributed by atoms with E-state index in [1.165, 1.54) is 0 Å². The Hall–Kier alpha value is -0.210. The van der Waals surface area contributed by atoms with Gasteiger partial charge in [-0.1, -0.05) is 11.8 Å². The number of hydrogen-bond acceptors (Lipinski definition) is 4. The fraction of sp³-hybridized carbons (Fsp3) is 0.333. The van der Waals surface area contributed by atoms with Crippen LogP contribution < -0.4 is 0 Å². The van der Waals surface area contributed by atoms with Gasteiger partial charge in [0.15, 0.2) is 5.04 Å². The Morgan fingerprint density at radius 1 is 1.62 bits per heavy atom. The summed E-state index contributed by atoms with van der Waals surface area (Å²) >= 11 is 1.66. The van der Waals surface area contributed by atoms with Gasteiger partial charge in [0.2, 0.25) is 0 Å². The van der Waals surface area contributed by atoms with Crippen molar-refractivity contribution in [3.05, 3.63) is 0 Å². The Morgan fingerprint density at radius 2 is 2.62 bits per heavy atom. The molecule has 5 heteroatoms. The Kier molecular flexibility index (Phi) is 0.951. The maximum Gasteiger partial charge on any atom is 0.152 e. The first-order valence-corrected chi connectivity index (χ1v) is 3.96. The molecule has 2 rings (SSSR count). The molecule has 2 heterocycles. The smallest absolute Gasteiger partial charge is 0.152 e. The molecule has 0 spiro atoms. The number of thioether (sulfide) groups is 1. The number of rotatable bonds is 0. The monoisotopic (exact) mass is 143 g/mol. The Bertz CT molecular complexity index is 207. The molecule has 0 radical (unpaired) electrons. The van der Waals surface area contributed by atoms with E-state index in [-0.39, 0.29) is 0 Å². The van der Waals surface area contributed by atoms with Crippen molar-refractivity contribution < 1.29 is 0 Å². The van der Waals surface area contributed by atoms with E-state index in [2.05, 4.69) is 14.9 Å². The summed E-state index contributed by atoms with van der Waals surface area (Å²) < 4.78 is 0. The highest BCUT2D eigenvalue weighted by atomic mass is 32.2. The van der Waals surface area contributed by atoms with Crippen molar-refractivity contribution in [1.29, 1.82) is 0 Å². The van der Waals surface area contributed by atoms with E-state index in [0.29, 0.717) is 0 Å². The van der Waals surface area contributed by atoms with Crippen LogP contribution in [0.25, 0.3) is 0 Å². The van der Waals surface area contributed by atoms with E-state index in [9.17, 15) is 0 Å². The van der Waals surface area contributed by atoms with Gasteiger partial charge in [-0.05, 0) is 0 Å². The first-order chi connectivity index (χ1) is 3.97. The summed E-state index contributed by atoms with van der Waals surface area (Å²) in [5.74, 6) is 0.844. The molecule has 2 aliphatic heterocycles. The zero-order valence-corrected chi connectivity index (χ0v) is 5.62. The first-order valence-electron chi connectivity index (χ1n) is 2.13. The first kappa shape index (κ1) is 4.65. The molecule has 0 unspecified atom stereocenters. The molecule has 0 aliphatic carbocycles. The van der Waals surface area contributed by atoms with Crippen molar-refractivity contribution in [2.75, 3.05) is 5.88 Å². The third-order valence-corrected chi connectivity index (χ3v) is 2.56. The fourth-order valence-corrected chi connectivity index (χ4v) is 2.10. The topological polar surface area (TPSA) is 37.1 Å². The SMILES string of the molecule is C1N=C2P=NN=C2S1. The zero-order chi connectivity index (χ0) is 5.40. The lowest BCUT2D eigenvalue weighted by Crippen LogP contribution is -1.90. The lowest BCUT2D eigenvalue weighted by atomic mass is 10.8. The van der Waals surface area contributed by atoms with Crippen LogP contribution in [-0.4, -0.2) is 16.4 Å². The summed E-state index contributed by atoms with van der Waals surface area (Å²) in [6.07, 6.45) is 0. The average molecular weight is 143 g/mol. The zero-order valence-electron chi connectivity index (χ0n) is 3.90. The highest BCUT2D eigenvalue weighted by Gasteiger charge is 2.17. The number of fused-ring (bicyclic) bond motifs is 1. The normalized spacial score (nSPS) is 25.0. The van der Waals surface area contributed by atoms with Crippen LogP contribution in [0.3, 0.4) is 0 Å². The average Bonchev–Trinajstić information content (AvgIpc) is 2.15. The van der Waals surface area contributed by atoms with Gasteiger partial charge in [0.1, 0.15) is 5.45 Å².